The molecule has 0 aliphatic carbocycles. The molecule has 1 N–H and O–H groups in total. The van der Waals surface area contributed by atoms with Crippen LogP contribution in [0.2, 0.25) is 5.02 Å². The minimum atomic E-state index is -0.884. The molecule has 5 aromatic rings. The number of aromatic nitrogens is 3. The van der Waals surface area contributed by atoms with Gasteiger partial charge in [0, 0.05) is 42.2 Å². The van der Waals surface area contributed by atoms with Crippen molar-refractivity contribution in [1.82, 2.24) is 19.9 Å². The fourth-order valence-electron chi connectivity index (χ4n) is 5.35. The van der Waals surface area contributed by atoms with Crippen LogP contribution in [-0.4, -0.2) is 34.4 Å². The smallest absolute Gasteiger partial charge is 0.119 e. The summed E-state index contributed by atoms with van der Waals surface area (Å²) in [5, 5.41) is 6.28. The Bertz CT molecular complexity index is 1600. The molecule has 0 amide bonds. The van der Waals surface area contributed by atoms with Gasteiger partial charge in [-0.25, -0.2) is 9.37 Å². The maximum atomic E-state index is 13.8. The van der Waals surface area contributed by atoms with Crippen LogP contribution in [0.4, 0.5) is 4.39 Å². The fourth-order valence-corrected chi connectivity index (χ4v) is 5.57. The number of hydrogen-bond acceptors (Lipinski definition) is 4. The molecule has 7 heteroatoms. The fraction of sp³-hybridized carbons (Fsp3) is 0.200. The number of alkyl halides is 1. The van der Waals surface area contributed by atoms with E-state index in [-0.39, 0.29) is 6.54 Å². The molecule has 0 radical (unpaired) electrons. The average Bonchev–Trinajstić information content (AvgIpc) is 3.36. The van der Waals surface area contributed by atoms with Crippen molar-refractivity contribution in [3.8, 4) is 17.0 Å². The third kappa shape index (κ3) is 4.06. The summed E-state index contributed by atoms with van der Waals surface area (Å²) >= 11 is 6.66. The number of benzene rings is 3. The van der Waals surface area contributed by atoms with Gasteiger partial charge in [0.1, 0.15) is 18.0 Å². The van der Waals surface area contributed by atoms with Crippen molar-refractivity contribution in [3.05, 3.63) is 113 Å². The number of imidazole rings is 1. The second kappa shape index (κ2) is 9.61. The van der Waals surface area contributed by atoms with Gasteiger partial charge in [-0.2, -0.15) is 0 Å². The highest BCUT2D eigenvalue weighted by atomic mass is 35.5. The largest absolute Gasteiger partial charge is 0.493 e. The molecule has 1 unspecified atom stereocenters. The minimum absolute atomic E-state index is 0.159. The Hall–Kier alpha value is -3.74. The third-order valence-corrected chi connectivity index (χ3v) is 7.48. The number of pyridine rings is 1. The number of rotatable bonds is 4. The van der Waals surface area contributed by atoms with Crippen molar-refractivity contribution in [2.45, 2.75) is 12.0 Å². The van der Waals surface area contributed by atoms with E-state index in [4.69, 9.17) is 21.3 Å². The second-order valence-electron chi connectivity index (χ2n) is 9.28. The Morgan fingerprint density at radius 2 is 1.95 bits per heavy atom. The summed E-state index contributed by atoms with van der Waals surface area (Å²) in [6.45, 7) is 0.111. The summed E-state index contributed by atoms with van der Waals surface area (Å²) in [6, 6.07) is 22.4. The van der Waals surface area contributed by atoms with Crippen LogP contribution in [0, 0.1) is 0 Å². The summed E-state index contributed by atoms with van der Waals surface area (Å²) in [5.74, 6) is 0.783. The van der Waals surface area contributed by atoms with Crippen LogP contribution in [0.3, 0.4) is 0 Å². The van der Waals surface area contributed by atoms with Gasteiger partial charge < -0.3 is 9.30 Å². The van der Waals surface area contributed by atoms with E-state index in [0.717, 1.165) is 50.2 Å². The lowest BCUT2D eigenvalue weighted by atomic mass is 9.78. The van der Waals surface area contributed by atoms with Crippen molar-refractivity contribution in [1.29, 1.82) is 0 Å². The molecule has 5 nitrogen and oxygen atoms in total. The zero-order valence-corrected chi connectivity index (χ0v) is 21.2. The molecule has 3 heterocycles. The number of halogens is 2. The Labute approximate surface area is 219 Å². The van der Waals surface area contributed by atoms with Crippen LogP contribution in [0.1, 0.15) is 22.4 Å². The van der Waals surface area contributed by atoms with Crippen LogP contribution in [0.5, 0.6) is 5.75 Å². The van der Waals surface area contributed by atoms with E-state index in [1.807, 2.05) is 66.5 Å². The summed E-state index contributed by atoms with van der Waals surface area (Å²) < 4.78 is 21.9. The molecule has 0 spiro atoms. The molecular formula is C30H26ClFN4O. The molecule has 0 fully saturated rings. The van der Waals surface area contributed by atoms with Gasteiger partial charge in [0.2, 0.25) is 0 Å². The van der Waals surface area contributed by atoms with E-state index in [1.165, 1.54) is 0 Å². The van der Waals surface area contributed by atoms with Gasteiger partial charge in [-0.05, 0) is 52.4 Å². The highest BCUT2D eigenvalue weighted by molar-refractivity contribution is 6.31. The van der Waals surface area contributed by atoms with Crippen LogP contribution >= 0.6 is 11.6 Å². The molecule has 3 aromatic carbocycles. The number of nitrogens with zero attached hydrogens (tertiary/aromatic N) is 3. The van der Waals surface area contributed by atoms with Gasteiger partial charge in [-0.1, -0.05) is 48.0 Å². The number of fused-ring (bicyclic) bond motifs is 6. The first-order chi connectivity index (χ1) is 18.1. The van der Waals surface area contributed by atoms with Crippen molar-refractivity contribution < 1.29 is 9.13 Å². The summed E-state index contributed by atoms with van der Waals surface area (Å²) in [7, 11) is 1.96. The predicted octanol–water partition coefficient (Wildman–Crippen LogP) is 6.07. The van der Waals surface area contributed by atoms with Crippen molar-refractivity contribution in [3.63, 3.8) is 0 Å². The Morgan fingerprint density at radius 1 is 1.08 bits per heavy atom. The van der Waals surface area contributed by atoms with E-state index in [9.17, 15) is 4.39 Å². The van der Waals surface area contributed by atoms with E-state index >= 15 is 0 Å². The number of ether oxygens (including phenoxy) is 1. The Balaban J connectivity index is 1.73. The summed E-state index contributed by atoms with van der Waals surface area (Å²) in [4.78, 5) is 9.20. The standard InChI is InChI=1S/C30H26ClFN4O/c1-36-19-33-18-28(36)30(35-13-11-32)23-7-8-27(31)21(15-23)10-14-37-25-4-2-3-22(16-25)29-26-17-24(30)6-5-20(26)9-12-34-29/h2-9,12,15-19,35H,10-11,13-14H2,1H3. The lowest BCUT2D eigenvalue weighted by Crippen LogP contribution is -2.47. The normalized spacial score (nSPS) is 16.9. The molecule has 6 bridgehead atoms. The van der Waals surface area contributed by atoms with E-state index in [2.05, 4.69) is 34.6 Å². The topological polar surface area (TPSA) is 52.0 Å². The van der Waals surface area contributed by atoms with E-state index in [1.54, 1.807) is 6.33 Å². The minimum Gasteiger partial charge on any atom is -0.493 e. The number of hydrogen-bond donors (Lipinski definition) is 1. The quantitative estimate of drug-likeness (QED) is 0.317. The van der Waals surface area contributed by atoms with Gasteiger partial charge in [-0.15, -0.1) is 0 Å². The molecule has 37 heavy (non-hydrogen) atoms. The van der Waals surface area contributed by atoms with Crippen molar-refractivity contribution in [2.24, 2.45) is 7.05 Å². The molecule has 0 saturated carbocycles. The highest BCUT2D eigenvalue weighted by Crippen LogP contribution is 2.40. The Kier molecular flexibility index (Phi) is 6.14. The van der Waals surface area contributed by atoms with Gasteiger partial charge >= 0.3 is 0 Å². The third-order valence-electron chi connectivity index (χ3n) is 7.11. The molecule has 186 valence electrons. The molecule has 1 aliphatic heterocycles. The first kappa shape index (κ1) is 23.6. The van der Waals surface area contributed by atoms with Gasteiger partial charge in [0.25, 0.3) is 0 Å². The zero-order valence-electron chi connectivity index (χ0n) is 20.4. The van der Waals surface area contributed by atoms with Crippen LogP contribution in [-0.2, 0) is 19.0 Å². The van der Waals surface area contributed by atoms with Crippen LogP contribution in [0.25, 0.3) is 22.0 Å². The lowest BCUT2D eigenvalue weighted by Gasteiger charge is -2.37. The zero-order chi connectivity index (χ0) is 25.4. The van der Waals surface area contributed by atoms with E-state index in [0.29, 0.717) is 18.1 Å². The van der Waals surface area contributed by atoms with Gasteiger partial charge in [0.15, 0.2) is 0 Å². The molecule has 6 rings (SSSR count). The van der Waals surface area contributed by atoms with Gasteiger partial charge in [0.05, 0.1) is 30.5 Å². The number of aryl methyl sites for hydroxylation is 1. The molecule has 0 saturated heterocycles. The second-order valence-corrected chi connectivity index (χ2v) is 9.69. The van der Waals surface area contributed by atoms with Crippen molar-refractivity contribution >= 4 is 22.4 Å². The summed E-state index contributed by atoms with van der Waals surface area (Å²) in [6.07, 6.45) is 6.05. The van der Waals surface area contributed by atoms with Gasteiger partial charge in [-0.3, -0.25) is 10.3 Å². The Morgan fingerprint density at radius 3 is 2.78 bits per heavy atom. The first-order valence-electron chi connectivity index (χ1n) is 12.3. The molecule has 1 aliphatic rings. The number of nitrogens with one attached hydrogen (secondary N) is 1. The maximum absolute atomic E-state index is 13.8. The monoisotopic (exact) mass is 512 g/mol. The predicted molar refractivity (Wildman–Crippen MR) is 145 cm³/mol. The van der Waals surface area contributed by atoms with Crippen LogP contribution in [0.15, 0.2) is 85.5 Å². The summed E-state index contributed by atoms with van der Waals surface area (Å²) in [5.41, 5.74) is 4.71. The first-order valence-corrected chi connectivity index (χ1v) is 12.7. The lowest BCUT2D eigenvalue weighted by molar-refractivity contribution is 0.322. The SMILES string of the molecule is Cn1cncc1C1(NCCF)c2ccc(Cl)c(c2)CCOc2cccc(c2)-c2nccc3ccc1cc23. The van der Waals surface area contributed by atoms with E-state index < -0.39 is 12.2 Å². The molecule has 1 atom stereocenters. The van der Waals surface area contributed by atoms with Crippen molar-refractivity contribution in [2.75, 3.05) is 19.8 Å². The van der Waals surface area contributed by atoms with Crippen LogP contribution < -0.4 is 10.1 Å². The maximum Gasteiger partial charge on any atom is 0.119 e. The molecule has 2 aromatic heterocycles. The highest BCUT2D eigenvalue weighted by Gasteiger charge is 2.39. The molecular weight excluding hydrogens is 487 g/mol. The average molecular weight is 513 g/mol.